The zero-order valence-electron chi connectivity index (χ0n) is 17.1. The Morgan fingerprint density at radius 3 is 2.69 bits per heavy atom. The fourth-order valence-electron chi connectivity index (χ4n) is 3.42. The quantitative estimate of drug-likeness (QED) is 0.558. The van der Waals surface area contributed by atoms with Crippen LogP contribution in [0.15, 0.2) is 48.7 Å². The molecular weight excluding hydrogens is 427 g/mol. The minimum atomic E-state index is -4.80. The molecule has 2 heterocycles. The number of aryl methyl sites for hydroxylation is 1. The van der Waals surface area contributed by atoms with Crippen LogP contribution in [0.1, 0.15) is 17.1 Å². The van der Waals surface area contributed by atoms with Gasteiger partial charge in [-0.2, -0.15) is 0 Å². The number of benzene rings is 2. The molecule has 7 nitrogen and oxygen atoms in total. The average molecular weight is 445 g/mol. The molecule has 3 aromatic rings. The highest BCUT2D eigenvalue weighted by molar-refractivity contribution is 5.77. The van der Waals surface area contributed by atoms with Crippen LogP contribution in [0.25, 0.3) is 11.1 Å². The molecule has 0 radical (unpaired) electrons. The van der Waals surface area contributed by atoms with Crippen LogP contribution in [0.5, 0.6) is 17.2 Å². The van der Waals surface area contributed by atoms with Gasteiger partial charge >= 0.3 is 12.5 Å². The molecule has 0 fully saturated rings. The number of carbonyl (C=O) groups is 1. The molecular formula is C22H18F3N3O4. The molecule has 0 N–H and O–H groups in total. The van der Waals surface area contributed by atoms with Crippen molar-refractivity contribution in [3.8, 4) is 28.4 Å². The highest BCUT2D eigenvalue weighted by Gasteiger charge is 2.31. The topological polar surface area (TPSA) is 73.8 Å². The van der Waals surface area contributed by atoms with Gasteiger partial charge in [0.15, 0.2) is 0 Å². The molecule has 10 heteroatoms. The Hall–Kier alpha value is -3.82. The van der Waals surface area contributed by atoms with Crippen LogP contribution in [0.4, 0.5) is 18.0 Å². The number of fused-ring (bicyclic) bond motifs is 1. The first-order valence-electron chi connectivity index (χ1n) is 9.54. The molecule has 0 aliphatic carbocycles. The largest absolute Gasteiger partial charge is 0.573 e. The second-order valence-corrected chi connectivity index (χ2v) is 7.05. The molecule has 2 aromatic carbocycles. The molecule has 1 amide bonds. The Balaban J connectivity index is 1.61. The number of aromatic nitrogens is 2. The number of carbonyl (C=O) groups excluding carboxylic acids is 1. The molecule has 0 spiro atoms. The monoisotopic (exact) mass is 445 g/mol. The van der Waals surface area contributed by atoms with Gasteiger partial charge in [-0.25, -0.2) is 14.8 Å². The van der Waals surface area contributed by atoms with Crippen molar-refractivity contribution in [2.24, 2.45) is 0 Å². The van der Waals surface area contributed by atoms with E-state index in [0.717, 1.165) is 5.56 Å². The van der Waals surface area contributed by atoms with E-state index in [-0.39, 0.29) is 24.6 Å². The molecule has 32 heavy (non-hydrogen) atoms. The lowest BCUT2D eigenvalue weighted by Gasteiger charge is -2.28. The summed E-state index contributed by atoms with van der Waals surface area (Å²) in [6, 6.07) is 10.8. The van der Waals surface area contributed by atoms with Gasteiger partial charge in [-0.3, -0.25) is 4.90 Å². The molecule has 0 atom stereocenters. The Kier molecular flexibility index (Phi) is 5.60. The zero-order chi connectivity index (χ0) is 22.9. The number of alkyl halides is 3. The van der Waals surface area contributed by atoms with Crippen molar-refractivity contribution in [3.05, 3.63) is 65.7 Å². The maximum Gasteiger partial charge on any atom is 0.573 e. The molecule has 4 rings (SSSR count). The van der Waals surface area contributed by atoms with E-state index >= 15 is 0 Å². The molecule has 0 bridgehead atoms. The molecule has 1 aromatic heterocycles. The number of hydrogen-bond acceptors (Lipinski definition) is 6. The van der Waals surface area contributed by atoms with Crippen molar-refractivity contribution in [2.75, 3.05) is 7.11 Å². The van der Waals surface area contributed by atoms with E-state index in [1.165, 1.54) is 30.2 Å². The molecule has 0 saturated heterocycles. The molecule has 1 aliphatic heterocycles. The van der Waals surface area contributed by atoms with Gasteiger partial charge in [0.05, 0.1) is 25.9 Å². The number of halogens is 3. The van der Waals surface area contributed by atoms with Crippen LogP contribution in [-0.4, -0.2) is 34.4 Å². The second kappa shape index (κ2) is 8.37. The molecule has 166 valence electrons. The lowest BCUT2D eigenvalue weighted by molar-refractivity contribution is -0.274. The van der Waals surface area contributed by atoms with Crippen molar-refractivity contribution >= 4 is 6.09 Å². The van der Waals surface area contributed by atoms with Crippen LogP contribution in [-0.2, 0) is 13.1 Å². The SMILES string of the molecule is COc1cc(OC(F)(F)F)ccc1-c1ccc2c(c1)CN(Cc1ccnc(C)n1)C(=O)O2. The van der Waals surface area contributed by atoms with Crippen LogP contribution in [0.3, 0.4) is 0 Å². The van der Waals surface area contributed by atoms with Crippen LogP contribution in [0.2, 0.25) is 0 Å². The minimum absolute atomic E-state index is 0.216. The van der Waals surface area contributed by atoms with Crippen molar-refractivity contribution in [1.29, 1.82) is 0 Å². The Morgan fingerprint density at radius 1 is 1.16 bits per heavy atom. The summed E-state index contributed by atoms with van der Waals surface area (Å²) in [6.45, 7) is 2.29. The summed E-state index contributed by atoms with van der Waals surface area (Å²) >= 11 is 0. The van der Waals surface area contributed by atoms with Crippen molar-refractivity contribution in [3.63, 3.8) is 0 Å². The van der Waals surface area contributed by atoms with Crippen molar-refractivity contribution in [1.82, 2.24) is 14.9 Å². The van der Waals surface area contributed by atoms with E-state index in [4.69, 9.17) is 9.47 Å². The number of nitrogens with zero attached hydrogens (tertiary/aromatic N) is 3. The Bertz CT molecular complexity index is 1170. The van der Waals surface area contributed by atoms with Crippen LogP contribution < -0.4 is 14.2 Å². The van der Waals surface area contributed by atoms with Gasteiger partial charge in [-0.05, 0) is 42.8 Å². The third kappa shape index (κ3) is 4.74. The summed E-state index contributed by atoms with van der Waals surface area (Å²) in [4.78, 5) is 22.2. The summed E-state index contributed by atoms with van der Waals surface area (Å²) in [7, 11) is 1.36. The standard InChI is InChI=1S/C22H18F3N3O4/c1-13-26-8-7-16(27-13)12-28-11-15-9-14(3-6-19(15)31-21(28)29)18-5-4-17(10-20(18)30-2)32-22(23,24)25/h3-10H,11-12H2,1-2H3. The fraction of sp³-hybridized carbons (Fsp3) is 0.227. The first-order chi connectivity index (χ1) is 15.2. The first kappa shape index (κ1) is 21.4. The molecule has 0 saturated carbocycles. The van der Waals surface area contributed by atoms with Gasteiger partial charge in [-0.1, -0.05) is 6.07 Å². The number of rotatable bonds is 5. The van der Waals surface area contributed by atoms with Crippen LogP contribution in [0, 0.1) is 6.92 Å². The summed E-state index contributed by atoms with van der Waals surface area (Å²) < 4.78 is 52.2. The molecule has 0 unspecified atom stereocenters. The highest BCUT2D eigenvalue weighted by Crippen LogP contribution is 2.38. The molecule has 1 aliphatic rings. The normalized spacial score (nSPS) is 13.4. The van der Waals surface area contributed by atoms with Crippen molar-refractivity contribution in [2.45, 2.75) is 26.4 Å². The minimum Gasteiger partial charge on any atom is -0.496 e. The van der Waals surface area contributed by atoms with E-state index in [2.05, 4.69) is 14.7 Å². The lowest BCUT2D eigenvalue weighted by Crippen LogP contribution is -2.36. The number of ether oxygens (including phenoxy) is 3. The smallest absolute Gasteiger partial charge is 0.496 e. The Morgan fingerprint density at radius 2 is 1.97 bits per heavy atom. The van der Waals surface area contributed by atoms with Gasteiger partial charge in [0.25, 0.3) is 0 Å². The third-order valence-corrected chi connectivity index (χ3v) is 4.78. The van der Waals surface area contributed by atoms with Gasteiger partial charge < -0.3 is 14.2 Å². The number of amides is 1. The highest BCUT2D eigenvalue weighted by atomic mass is 19.4. The fourth-order valence-corrected chi connectivity index (χ4v) is 3.42. The maximum atomic E-state index is 12.5. The van der Waals surface area contributed by atoms with E-state index in [1.54, 1.807) is 31.3 Å². The lowest BCUT2D eigenvalue weighted by atomic mass is 10.0. The number of methoxy groups -OCH3 is 1. The predicted octanol–water partition coefficient (Wildman–Crippen LogP) is 4.87. The van der Waals surface area contributed by atoms with E-state index in [1.807, 2.05) is 6.07 Å². The second-order valence-electron chi connectivity index (χ2n) is 7.05. The van der Waals surface area contributed by atoms with E-state index < -0.39 is 12.5 Å². The average Bonchev–Trinajstić information content (AvgIpc) is 2.73. The summed E-state index contributed by atoms with van der Waals surface area (Å²) in [5.74, 6) is 0.856. The Labute approximate surface area is 181 Å². The van der Waals surface area contributed by atoms with Crippen LogP contribution >= 0.6 is 0 Å². The van der Waals surface area contributed by atoms with E-state index in [0.29, 0.717) is 28.4 Å². The summed E-state index contributed by atoms with van der Waals surface area (Å²) in [6.07, 6.45) is -3.67. The maximum absolute atomic E-state index is 12.5. The van der Waals surface area contributed by atoms with Gasteiger partial charge in [0, 0.05) is 23.4 Å². The van der Waals surface area contributed by atoms with Gasteiger partial charge in [0.1, 0.15) is 23.1 Å². The van der Waals surface area contributed by atoms with E-state index in [9.17, 15) is 18.0 Å². The van der Waals surface area contributed by atoms with Gasteiger partial charge in [-0.15, -0.1) is 13.2 Å². The third-order valence-electron chi connectivity index (χ3n) is 4.78. The number of hydrogen-bond donors (Lipinski definition) is 0. The van der Waals surface area contributed by atoms with Crippen molar-refractivity contribution < 1.29 is 32.2 Å². The summed E-state index contributed by atoms with van der Waals surface area (Å²) in [5, 5.41) is 0. The van der Waals surface area contributed by atoms with Gasteiger partial charge in [0.2, 0.25) is 0 Å². The summed E-state index contributed by atoms with van der Waals surface area (Å²) in [5.41, 5.74) is 2.68. The zero-order valence-corrected chi connectivity index (χ0v) is 17.1. The predicted molar refractivity (Wildman–Crippen MR) is 107 cm³/mol. The first-order valence-corrected chi connectivity index (χ1v) is 9.54.